The summed E-state index contributed by atoms with van der Waals surface area (Å²) in [5, 5.41) is 7.37. The summed E-state index contributed by atoms with van der Waals surface area (Å²) in [5.74, 6) is -0.619. The zero-order chi connectivity index (χ0) is 29.6. The molecule has 3 aromatic carbocycles. The molecule has 4 aromatic rings. The number of nitrogens with zero attached hydrogens (tertiary/aromatic N) is 3. The average Bonchev–Trinajstić information content (AvgIpc) is 3.00. The molecule has 0 aliphatic carbocycles. The van der Waals surface area contributed by atoms with E-state index in [-0.39, 0.29) is 35.8 Å². The van der Waals surface area contributed by atoms with E-state index in [1.807, 2.05) is 19.1 Å². The lowest BCUT2D eigenvalue weighted by Gasteiger charge is -2.31. The Hall–Kier alpha value is -4.99. The van der Waals surface area contributed by atoms with Gasteiger partial charge in [-0.15, -0.1) is 0 Å². The van der Waals surface area contributed by atoms with E-state index in [4.69, 9.17) is 9.47 Å². The third-order valence-electron chi connectivity index (χ3n) is 6.97. The second kappa shape index (κ2) is 12.7. The maximum absolute atomic E-state index is 13.7. The van der Waals surface area contributed by atoms with Gasteiger partial charge in [0.15, 0.2) is 11.4 Å². The SMILES string of the molecule is CCOC(=O)C1CCCN(C(=O)c2cccc(Nc3c(Oc4ccc(C)cc4)cnn(-c4ccc(F)cc4)c3=O)c2)C1. The molecule has 1 N–H and O–H groups in total. The number of aryl methyl sites for hydroxylation is 1. The summed E-state index contributed by atoms with van der Waals surface area (Å²) in [6.45, 7) is 4.84. The Morgan fingerprint density at radius 2 is 1.83 bits per heavy atom. The highest BCUT2D eigenvalue weighted by Gasteiger charge is 2.30. The number of hydrogen-bond donors (Lipinski definition) is 1. The normalized spacial score (nSPS) is 14.7. The molecule has 1 aliphatic rings. The van der Waals surface area contributed by atoms with Crippen molar-refractivity contribution < 1.29 is 23.5 Å². The van der Waals surface area contributed by atoms with Crippen LogP contribution in [0.15, 0.2) is 83.8 Å². The van der Waals surface area contributed by atoms with Crippen molar-refractivity contribution in [3.63, 3.8) is 0 Å². The Balaban J connectivity index is 1.45. The fraction of sp³-hybridized carbons (Fsp3) is 0.250. The smallest absolute Gasteiger partial charge is 0.310 e. The quantitative estimate of drug-likeness (QED) is 0.274. The van der Waals surface area contributed by atoms with Crippen LogP contribution < -0.4 is 15.6 Å². The van der Waals surface area contributed by atoms with Crippen LogP contribution in [0.2, 0.25) is 0 Å². The monoisotopic (exact) mass is 570 g/mol. The fourth-order valence-electron chi connectivity index (χ4n) is 4.80. The summed E-state index contributed by atoms with van der Waals surface area (Å²) in [4.78, 5) is 41.0. The number of nitrogens with one attached hydrogen (secondary N) is 1. The Labute approximate surface area is 242 Å². The second-order valence-corrected chi connectivity index (χ2v) is 10.0. The first-order chi connectivity index (χ1) is 20.3. The third-order valence-corrected chi connectivity index (χ3v) is 6.97. The molecule has 10 heteroatoms. The molecule has 42 heavy (non-hydrogen) atoms. The highest BCUT2D eigenvalue weighted by Crippen LogP contribution is 2.30. The first kappa shape index (κ1) is 28.5. The minimum absolute atomic E-state index is 0.0832. The van der Waals surface area contributed by atoms with Crippen molar-refractivity contribution in [2.75, 3.05) is 25.0 Å². The Morgan fingerprint density at radius 1 is 1.07 bits per heavy atom. The van der Waals surface area contributed by atoms with E-state index in [1.165, 1.54) is 30.5 Å². The molecule has 0 radical (unpaired) electrons. The standard InChI is InChI=1S/C32H31FN4O5/c1-3-41-32(40)23-7-5-17-36(20-23)30(38)22-6-4-8-25(18-22)35-29-28(42-27-15-9-21(2)10-16-27)19-34-37(31(29)39)26-13-11-24(33)12-14-26/h4,6,8-16,18-19,23,35H,3,5,7,17,20H2,1-2H3. The molecule has 0 saturated carbocycles. The summed E-state index contributed by atoms with van der Waals surface area (Å²) in [5.41, 5.74) is 1.85. The van der Waals surface area contributed by atoms with Gasteiger partial charge < -0.3 is 19.7 Å². The van der Waals surface area contributed by atoms with Gasteiger partial charge >= 0.3 is 5.97 Å². The van der Waals surface area contributed by atoms with E-state index in [1.54, 1.807) is 48.2 Å². The number of anilines is 2. The number of aromatic nitrogens is 2. The first-order valence-corrected chi connectivity index (χ1v) is 13.8. The molecule has 2 heterocycles. The number of rotatable bonds is 8. The van der Waals surface area contributed by atoms with Crippen molar-refractivity contribution in [1.29, 1.82) is 0 Å². The van der Waals surface area contributed by atoms with E-state index in [9.17, 15) is 18.8 Å². The second-order valence-electron chi connectivity index (χ2n) is 10.0. The lowest BCUT2D eigenvalue weighted by Crippen LogP contribution is -2.42. The van der Waals surface area contributed by atoms with Crippen LogP contribution in [0.3, 0.4) is 0 Å². The van der Waals surface area contributed by atoms with Crippen LogP contribution in [0.5, 0.6) is 11.5 Å². The van der Waals surface area contributed by atoms with Gasteiger partial charge in [-0.3, -0.25) is 14.4 Å². The molecule has 1 aliphatic heterocycles. The van der Waals surface area contributed by atoms with Gasteiger partial charge in [0.1, 0.15) is 11.6 Å². The third kappa shape index (κ3) is 6.49. The van der Waals surface area contributed by atoms with Crippen LogP contribution in [-0.2, 0) is 9.53 Å². The number of esters is 1. The van der Waals surface area contributed by atoms with Gasteiger partial charge in [0, 0.05) is 24.3 Å². The number of amides is 1. The number of piperidine rings is 1. The van der Waals surface area contributed by atoms with Gasteiger partial charge in [-0.2, -0.15) is 9.78 Å². The van der Waals surface area contributed by atoms with E-state index < -0.39 is 11.4 Å². The number of halogens is 1. The maximum Gasteiger partial charge on any atom is 0.310 e. The number of benzene rings is 3. The van der Waals surface area contributed by atoms with Gasteiger partial charge in [0.2, 0.25) is 0 Å². The molecular weight excluding hydrogens is 539 g/mol. The summed E-state index contributed by atoms with van der Waals surface area (Å²) in [7, 11) is 0. The molecule has 1 saturated heterocycles. The van der Waals surface area contributed by atoms with Crippen LogP contribution in [0.25, 0.3) is 5.69 Å². The molecule has 9 nitrogen and oxygen atoms in total. The van der Waals surface area contributed by atoms with Crippen LogP contribution in [0.1, 0.15) is 35.7 Å². The zero-order valence-corrected chi connectivity index (χ0v) is 23.4. The van der Waals surface area contributed by atoms with Crippen LogP contribution >= 0.6 is 0 Å². The van der Waals surface area contributed by atoms with E-state index >= 15 is 0 Å². The number of carbonyl (C=O) groups is 2. The molecule has 0 bridgehead atoms. The minimum Gasteiger partial charge on any atom is -0.466 e. The van der Waals surface area contributed by atoms with Crippen molar-refractivity contribution in [3.05, 3.63) is 106 Å². The van der Waals surface area contributed by atoms with Crippen molar-refractivity contribution in [2.45, 2.75) is 26.7 Å². The van der Waals surface area contributed by atoms with Gasteiger partial charge in [0.05, 0.1) is 24.4 Å². The molecule has 1 unspecified atom stereocenters. The Kier molecular flexibility index (Phi) is 8.61. The van der Waals surface area contributed by atoms with Gasteiger partial charge in [0.25, 0.3) is 11.5 Å². The lowest BCUT2D eigenvalue weighted by molar-refractivity contribution is -0.149. The molecule has 216 valence electrons. The number of carbonyl (C=O) groups excluding carboxylic acids is 2. The summed E-state index contributed by atoms with van der Waals surface area (Å²) in [6.07, 6.45) is 2.79. The highest BCUT2D eigenvalue weighted by molar-refractivity contribution is 5.95. The lowest BCUT2D eigenvalue weighted by atomic mass is 9.97. The number of ether oxygens (including phenoxy) is 2. The highest BCUT2D eigenvalue weighted by atomic mass is 19.1. The molecule has 1 fully saturated rings. The van der Waals surface area contributed by atoms with Crippen molar-refractivity contribution in [3.8, 4) is 17.2 Å². The van der Waals surface area contributed by atoms with Crippen LogP contribution in [0.4, 0.5) is 15.8 Å². The minimum atomic E-state index is -0.531. The Bertz CT molecular complexity index is 1640. The maximum atomic E-state index is 13.7. The number of likely N-dealkylation sites (tertiary alicyclic amines) is 1. The van der Waals surface area contributed by atoms with E-state index in [0.717, 1.165) is 10.2 Å². The predicted octanol–water partition coefficient (Wildman–Crippen LogP) is 5.63. The summed E-state index contributed by atoms with van der Waals surface area (Å²) in [6, 6.07) is 19.5. The largest absolute Gasteiger partial charge is 0.466 e. The molecule has 1 aromatic heterocycles. The average molecular weight is 571 g/mol. The van der Waals surface area contributed by atoms with Gasteiger partial charge in [-0.25, -0.2) is 4.39 Å². The van der Waals surface area contributed by atoms with Crippen molar-refractivity contribution in [2.24, 2.45) is 5.92 Å². The fourth-order valence-corrected chi connectivity index (χ4v) is 4.80. The van der Waals surface area contributed by atoms with E-state index in [0.29, 0.717) is 48.7 Å². The van der Waals surface area contributed by atoms with Crippen LogP contribution in [-0.4, -0.2) is 46.3 Å². The van der Waals surface area contributed by atoms with Gasteiger partial charge in [-0.05, 0) is 81.3 Å². The number of hydrogen-bond acceptors (Lipinski definition) is 7. The van der Waals surface area contributed by atoms with E-state index in [2.05, 4.69) is 10.4 Å². The van der Waals surface area contributed by atoms with Gasteiger partial charge in [-0.1, -0.05) is 23.8 Å². The molecule has 1 amide bonds. The molecule has 1 atom stereocenters. The zero-order valence-electron chi connectivity index (χ0n) is 23.4. The van der Waals surface area contributed by atoms with Crippen molar-refractivity contribution >= 4 is 23.3 Å². The first-order valence-electron chi connectivity index (χ1n) is 13.8. The summed E-state index contributed by atoms with van der Waals surface area (Å²) >= 11 is 0. The Morgan fingerprint density at radius 3 is 2.57 bits per heavy atom. The predicted molar refractivity (Wildman–Crippen MR) is 156 cm³/mol. The molecule has 0 spiro atoms. The molecule has 5 rings (SSSR count). The van der Waals surface area contributed by atoms with Crippen molar-refractivity contribution in [1.82, 2.24) is 14.7 Å². The topological polar surface area (TPSA) is 103 Å². The van der Waals surface area contributed by atoms with Crippen LogP contribution in [0, 0.1) is 18.7 Å². The summed E-state index contributed by atoms with van der Waals surface area (Å²) < 4.78 is 25.9. The molecular formula is C32H31FN4O5.